The summed E-state index contributed by atoms with van der Waals surface area (Å²) in [5.74, 6) is -1.15. The summed E-state index contributed by atoms with van der Waals surface area (Å²) in [4.78, 5) is 11.3. The van der Waals surface area contributed by atoms with Crippen LogP contribution >= 0.6 is 0 Å². The van der Waals surface area contributed by atoms with Gasteiger partial charge in [-0.25, -0.2) is 17.2 Å². The van der Waals surface area contributed by atoms with Gasteiger partial charge in [-0.3, -0.25) is 0 Å². The van der Waals surface area contributed by atoms with Crippen molar-refractivity contribution in [3.05, 3.63) is 59.8 Å². The van der Waals surface area contributed by atoms with E-state index < -0.39 is 16.0 Å². The van der Waals surface area contributed by atoms with E-state index in [0.29, 0.717) is 10.9 Å². The number of carbonyl (C=O) groups is 1. The lowest BCUT2D eigenvalue weighted by molar-refractivity contribution is 0.0698. The minimum atomic E-state index is -3.78. The first-order valence-corrected chi connectivity index (χ1v) is 8.21. The third kappa shape index (κ3) is 2.35. The molecule has 23 heavy (non-hydrogen) atoms. The number of anilines is 1. The molecule has 118 valence electrons. The molecule has 0 aliphatic carbocycles. The van der Waals surface area contributed by atoms with Crippen molar-refractivity contribution >= 4 is 32.6 Å². The Balaban J connectivity index is 2.23. The number of fused-ring (bicyclic) bond motifs is 1. The van der Waals surface area contributed by atoms with E-state index in [1.165, 1.54) is 36.5 Å². The first-order chi connectivity index (χ1) is 10.8. The number of nitrogens with two attached hydrogens (primary N) is 1. The Labute approximate surface area is 132 Å². The molecule has 0 unspecified atom stereocenters. The van der Waals surface area contributed by atoms with E-state index in [-0.39, 0.29) is 16.1 Å². The second-order valence-electron chi connectivity index (χ2n) is 5.19. The Hall–Kier alpha value is -2.80. The second-order valence-corrected chi connectivity index (χ2v) is 7.01. The molecule has 0 aliphatic heterocycles. The Bertz CT molecular complexity index is 1020. The van der Waals surface area contributed by atoms with Crippen molar-refractivity contribution in [2.24, 2.45) is 0 Å². The van der Waals surface area contributed by atoms with Gasteiger partial charge in [0.1, 0.15) is 0 Å². The van der Waals surface area contributed by atoms with Gasteiger partial charge in [-0.05, 0) is 37.3 Å². The van der Waals surface area contributed by atoms with Crippen LogP contribution in [0.4, 0.5) is 5.69 Å². The minimum Gasteiger partial charge on any atom is -0.478 e. The number of nitrogens with zero attached hydrogens (tertiary/aromatic N) is 1. The van der Waals surface area contributed by atoms with Gasteiger partial charge in [-0.15, -0.1) is 0 Å². The van der Waals surface area contributed by atoms with E-state index in [1.54, 1.807) is 12.1 Å². The minimum absolute atomic E-state index is 0.0489. The lowest BCUT2D eigenvalue weighted by atomic mass is 10.1. The fraction of sp³-hybridized carbons (Fsp3) is 0.0625. The Morgan fingerprint density at radius 1 is 1.09 bits per heavy atom. The fourth-order valence-electron chi connectivity index (χ4n) is 2.43. The number of hydrogen-bond donors (Lipinski definition) is 2. The van der Waals surface area contributed by atoms with Gasteiger partial charge in [-0.2, -0.15) is 0 Å². The van der Waals surface area contributed by atoms with Crippen LogP contribution in [0.25, 0.3) is 10.9 Å². The van der Waals surface area contributed by atoms with Gasteiger partial charge in [0.05, 0.1) is 21.7 Å². The molecule has 0 radical (unpaired) electrons. The van der Waals surface area contributed by atoms with Gasteiger partial charge in [0.2, 0.25) is 0 Å². The zero-order chi connectivity index (χ0) is 16.8. The number of rotatable bonds is 3. The maximum atomic E-state index is 12.8. The average Bonchev–Trinajstić information content (AvgIpc) is 2.93. The van der Waals surface area contributed by atoms with Gasteiger partial charge < -0.3 is 10.8 Å². The van der Waals surface area contributed by atoms with Crippen molar-refractivity contribution in [1.82, 2.24) is 3.97 Å². The summed E-state index contributed by atoms with van der Waals surface area (Å²) in [5, 5.41) is 9.48. The van der Waals surface area contributed by atoms with Crippen LogP contribution in [-0.4, -0.2) is 23.5 Å². The zero-order valence-corrected chi connectivity index (χ0v) is 13.0. The molecule has 0 saturated carbocycles. The van der Waals surface area contributed by atoms with Gasteiger partial charge in [-0.1, -0.05) is 17.7 Å². The van der Waals surface area contributed by atoms with Gasteiger partial charge in [0.15, 0.2) is 0 Å². The monoisotopic (exact) mass is 330 g/mol. The molecular weight excluding hydrogens is 316 g/mol. The first-order valence-electron chi connectivity index (χ1n) is 6.77. The van der Waals surface area contributed by atoms with Crippen LogP contribution in [0.1, 0.15) is 15.9 Å². The van der Waals surface area contributed by atoms with Crippen LogP contribution in [0, 0.1) is 6.92 Å². The molecule has 6 nitrogen and oxygen atoms in total. The molecule has 3 rings (SSSR count). The highest BCUT2D eigenvalue weighted by molar-refractivity contribution is 7.90. The summed E-state index contributed by atoms with van der Waals surface area (Å²) in [6, 6.07) is 10.8. The quantitative estimate of drug-likeness (QED) is 0.718. The Morgan fingerprint density at radius 3 is 2.35 bits per heavy atom. The molecule has 7 heteroatoms. The molecule has 1 heterocycles. The average molecular weight is 330 g/mol. The summed E-state index contributed by atoms with van der Waals surface area (Å²) in [7, 11) is -3.78. The molecule has 1 aromatic heterocycles. The van der Waals surface area contributed by atoms with Crippen LogP contribution in [0.5, 0.6) is 0 Å². The van der Waals surface area contributed by atoms with Crippen molar-refractivity contribution in [2.75, 3.05) is 5.73 Å². The van der Waals surface area contributed by atoms with Crippen LogP contribution in [0.3, 0.4) is 0 Å². The van der Waals surface area contributed by atoms with Crippen molar-refractivity contribution in [2.45, 2.75) is 11.8 Å². The number of aryl methyl sites for hydroxylation is 1. The van der Waals surface area contributed by atoms with Crippen molar-refractivity contribution in [3.8, 4) is 0 Å². The standard InChI is InChI=1S/C16H14N2O4S/c1-10-2-4-11(5-3-10)23(21,22)18-9-8-12-14(18)7-6-13(15(12)17)16(19)20/h2-9H,17H2,1H3,(H,19,20). The summed E-state index contributed by atoms with van der Waals surface area (Å²) in [6.45, 7) is 1.87. The predicted molar refractivity (Wildman–Crippen MR) is 87.1 cm³/mol. The van der Waals surface area contributed by atoms with Gasteiger partial charge >= 0.3 is 5.97 Å². The van der Waals surface area contributed by atoms with E-state index in [0.717, 1.165) is 9.54 Å². The third-order valence-electron chi connectivity index (χ3n) is 3.69. The van der Waals surface area contributed by atoms with E-state index in [2.05, 4.69) is 0 Å². The number of carboxylic acid groups (broad SMARTS) is 1. The van der Waals surface area contributed by atoms with E-state index >= 15 is 0 Å². The highest BCUT2D eigenvalue weighted by Gasteiger charge is 2.21. The summed E-state index contributed by atoms with van der Waals surface area (Å²) in [5.41, 5.74) is 7.14. The molecule has 3 aromatic rings. The smallest absolute Gasteiger partial charge is 0.337 e. The highest BCUT2D eigenvalue weighted by Crippen LogP contribution is 2.28. The van der Waals surface area contributed by atoms with Gasteiger partial charge in [0.25, 0.3) is 10.0 Å². The lowest BCUT2D eigenvalue weighted by Crippen LogP contribution is -2.12. The van der Waals surface area contributed by atoms with E-state index in [1.807, 2.05) is 6.92 Å². The number of aromatic carboxylic acids is 1. The van der Waals surface area contributed by atoms with Crippen molar-refractivity contribution in [3.63, 3.8) is 0 Å². The summed E-state index contributed by atoms with van der Waals surface area (Å²) < 4.78 is 26.6. The van der Waals surface area contributed by atoms with Crippen LogP contribution in [-0.2, 0) is 10.0 Å². The number of benzene rings is 2. The van der Waals surface area contributed by atoms with Crippen LogP contribution < -0.4 is 5.73 Å². The van der Waals surface area contributed by atoms with E-state index in [4.69, 9.17) is 10.8 Å². The molecule has 0 amide bonds. The van der Waals surface area contributed by atoms with E-state index in [9.17, 15) is 13.2 Å². The molecule has 0 aliphatic rings. The highest BCUT2D eigenvalue weighted by atomic mass is 32.2. The molecule has 0 saturated heterocycles. The molecule has 0 atom stereocenters. The molecular formula is C16H14N2O4S. The van der Waals surface area contributed by atoms with Crippen LogP contribution in [0.2, 0.25) is 0 Å². The molecule has 0 fully saturated rings. The number of hydrogen-bond acceptors (Lipinski definition) is 4. The number of aromatic nitrogens is 1. The van der Waals surface area contributed by atoms with Gasteiger partial charge in [0, 0.05) is 11.6 Å². The molecule has 2 aromatic carbocycles. The Morgan fingerprint density at radius 2 is 1.74 bits per heavy atom. The topological polar surface area (TPSA) is 102 Å². The second kappa shape index (κ2) is 5.13. The maximum absolute atomic E-state index is 12.8. The molecule has 0 bridgehead atoms. The van der Waals surface area contributed by atoms with Crippen LogP contribution in [0.15, 0.2) is 53.6 Å². The number of carboxylic acids is 1. The molecule has 3 N–H and O–H groups in total. The Kier molecular flexibility index (Phi) is 3.37. The molecule has 0 spiro atoms. The van der Waals surface area contributed by atoms with Crippen molar-refractivity contribution < 1.29 is 18.3 Å². The third-order valence-corrected chi connectivity index (χ3v) is 5.39. The maximum Gasteiger partial charge on any atom is 0.337 e. The number of nitrogen functional groups attached to an aromatic ring is 1. The summed E-state index contributed by atoms with van der Waals surface area (Å²) >= 11 is 0. The first kappa shape index (κ1) is 15.1. The normalized spacial score (nSPS) is 11.7. The fourth-order valence-corrected chi connectivity index (χ4v) is 3.78. The SMILES string of the molecule is Cc1ccc(S(=O)(=O)n2ccc3c(N)c(C(=O)O)ccc32)cc1. The largest absolute Gasteiger partial charge is 0.478 e. The lowest BCUT2D eigenvalue weighted by Gasteiger charge is -2.09. The predicted octanol–water partition coefficient (Wildman–Crippen LogP) is 2.47. The van der Waals surface area contributed by atoms with Crippen molar-refractivity contribution in [1.29, 1.82) is 0 Å². The zero-order valence-electron chi connectivity index (χ0n) is 12.2. The summed E-state index contributed by atoms with van der Waals surface area (Å²) in [6.07, 6.45) is 1.38.